The van der Waals surface area contributed by atoms with Gasteiger partial charge in [-0.2, -0.15) is 0 Å². The van der Waals surface area contributed by atoms with Gasteiger partial charge in [-0.25, -0.2) is 4.98 Å². The van der Waals surface area contributed by atoms with E-state index < -0.39 is 0 Å². The summed E-state index contributed by atoms with van der Waals surface area (Å²) >= 11 is 0. The molecule has 0 unspecified atom stereocenters. The minimum absolute atomic E-state index is 0. The molecule has 0 atom stereocenters. The van der Waals surface area contributed by atoms with E-state index in [0.29, 0.717) is 0 Å². The van der Waals surface area contributed by atoms with Crippen molar-refractivity contribution in [3.8, 4) is 0 Å². The third-order valence-electron chi connectivity index (χ3n) is 4.06. The highest BCUT2D eigenvalue weighted by Gasteiger charge is 2.12. The summed E-state index contributed by atoms with van der Waals surface area (Å²) in [6.45, 7) is 12.1. The summed E-state index contributed by atoms with van der Waals surface area (Å²) in [6.07, 6.45) is 6.53. The van der Waals surface area contributed by atoms with Gasteiger partial charge in [-0.1, -0.05) is 45.0 Å². The van der Waals surface area contributed by atoms with Gasteiger partial charge in [-0.05, 0) is 29.9 Å². The molecule has 0 saturated heterocycles. The van der Waals surface area contributed by atoms with Crippen LogP contribution in [0.1, 0.15) is 38.8 Å². The molecule has 0 aliphatic carbocycles. The van der Waals surface area contributed by atoms with Crippen LogP contribution >= 0.6 is 24.0 Å². The van der Waals surface area contributed by atoms with Crippen molar-refractivity contribution in [2.45, 2.75) is 46.1 Å². The smallest absolute Gasteiger partial charge is 0.191 e. The molecule has 0 saturated carbocycles. The monoisotopic (exact) mass is 469 g/mol. The lowest BCUT2D eigenvalue weighted by atomic mass is 9.86. The fourth-order valence-corrected chi connectivity index (χ4v) is 2.53. The molecule has 1 aromatic heterocycles. The Bertz CT molecular complexity index is 642. The average molecular weight is 469 g/mol. The predicted octanol–water partition coefficient (Wildman–Crippen LogP) is 3.60. The number of nitrogens with one attached hydrogen (secondary N) is 2. The molecule has 0 radical (unpaired) electrons. The predicted molar refractivity (Wildman–Crippen MR) is 120 cm³/mol. The quantitative estimate of drug-likeness (QED) is 0.370. The fourth-order valence-electron chi connectivity index (χ4n) is 2.53. The standard InChI is InChI=1S/C20H31N5.HI/c1-5-22-19(24-13-15-25-14-12-21-16-25)23-11-10-17-6-8-18(9-7-17)20(2,3)4;/h6-9,12,14,16H,5,10-11,13,15H2,1-4H3,(H2,22,23,24);1H. The number of rotatable bonds is 7. The van der Waals surface area contributed by atoms with E-state index in [1.807, 2.05) is 17.1 Å². The van der Waals surface area contributed by atoms with Gasteiger partial charge in [0.15, 0.2) is 5.96 Å². The zero-order valence-corrected chi connectivity index (χ0v) is 18.7. The zero-order valence-electron chi connectivity index (χ0n) is 16.3. The van der Waals surface area contributed by atoms with Crippen molar-refractivity contribution in [3.63, 3.8) is 0 Å². The molecule has 0 aliphatic heterocycles. The number of imidazole rings is 1. The van der Waals surface area contributed by atoms with Gasteiger partial charge in [0, 0.05) is 38.6 Å². The number of halogens is 1. The van der Waals surface area contributed by atoms with Crippen LogP contribution in [0, 0.1) is 0 Å². The lowest BCUT2D eigenvalue weighted by Crippen LogP contribution is -2.39. The number of nitrogens with zero attached hydrogens (tertiary/aromatic N) is 3. The Morgan fingerprint density at radius 1 is 1.15 bits per heavy atom. The Hall–Kier alpha value is -1.57. The maximum atomic E-state index is 4.67. The van der Waals surface area contributed by atoms with Crippen molar-refractivity contribution in [1.82, 2.24) is 20.2 Å². The molecule has 0 aliphatic rings. The largest absolute Gasteiger partial charge is 0.357 e. The highest BCUT2D eigenvalue weighted by atomic mass is 127. The highest BCUT2D eigenvalue weighted by Crippen LogP contribution is 2.22. The molecule has 0 amide bonds. The van der Waals surface area contributed by atoms with E-state index in [1.54, 1.807) is 6.20 Å². The summed E-state index contributed by atoms with van der Waals surface area (Å²) in [4.78, 5) is 8.72. The van der Waals surface area contributed by atoms with E-state index in [1.165, 1.54) is 11.1 Å². The fraction of sp³-hybridized carbons (Fsp3) is 0.500. The van der Waals surface area contributed by atoms with Crippen molar-refractivity contribution in [2.75, 3.05) is 19.6 Å². The van der Waals surface area contributed by atoms with Crippen molar-refractivity contribution >= 4 is 29.9 Å². The second kappa shape index (κ2) is 11.2. The van der Waals surface area contributed by atoms with Crippen molar-refractivity contribution in [1.29, 1.82) is 0 Å². The molecule has 26 heavy (non-hydrogen) atoms. The van der Waals surface area contributed by atoms with E-state index in [4.69, 9.17) is 0 Å². The topological polar surface area (TPSA) is 54.2 Å². The molecule has 0 fully saturated rings. The molecule has 144 valence electrons. The average Bonchev–Trinajstić information content (AvgIpc) is 3.08. The molecule has 0 spiro atoms. The molecule has 1 heterocycles. The van der Waals surface area contributed by atoms with E-state index >= 15 is 0 Å². The van der Waals surface area contributed by atoms with Gasteiger partial charge in [0.05, 0.1) is 6.33 Å². The Labute approximate surface area is 174 Å². The Kier molecular flexibility index (Phi) is 9.69. The van der Waals surface area contributed by atoms with Crippen LogP contribution in [0.5, 0.6) is 0 Å². The summed E-state index contributed by atoms with van der Waals surface area (Å²) in [6, 6.07) is 8.90. The molecule has 5 nitrogen and oxygen atoms in total. The molecule has 2 aromatic rings. The molecular weight excluding hydrogens is 437 g/mol. The van der Waals surface area contributed by atoms with Gasteiger partial charge >= 0.3 is 0 Å². The number of aromatic nitrogens is 2. The normalized spacial score (nSPS) is 11.8. The minimum atomic E-state index is 0. The van der Waals surface area contributed by atoms with E-state index in [-0.39, 0.29) is 29.4 Å². The van der Waals surface area contributed by atoms with E-state index in [2.05, 4.69) is 72.6 Å². The number of aliphatic imine (C=N–C) groups is 1. The first kappa shape index (κ1) is 22.5. The SMILES string of the molecule is CCNC(=NCCc1ccc(C(C)(C)C)cc1)NCCn1ccnc1.I. The Balaban J connectivity index is 0.00000338. The first-order valence-corrected chi connectivity index (χ1v) is 9.06. The maximum absolute atomic E-state index is 4.67. The maximum Gasteiger partial charge on any atom is 0.191 e. The highest BCUT2D eigenvalue weighted by molar-refractivity contribution is 14.0. The van der Waals surface area contributed by atoms with Crippen molar-refractivity contribution in [2.24, 2.45) is 4.99 Å². The number of hydrogen-bond acceptors (Lipinski definition) is 2. The van der Waals surface area contributed by atoms with Crippen LogP contribution < -0.4 is 10.6 Å². The summed E-state index contributed by atoms with van der Waals surface area (Å²) in [5.74, 6) is 0.869. The summed E-state index contributed by atoms with van der Waals surface area (Å²) in [5, 5.41) is 6.66. The van der Waals surface area contributed by atoms with Gasteiger partial charge in [0.2, 0.25) is 0 Å². The summed E-state index contributed by atoms with van der Waals surface area (Å²) < 4.78 is 2.05. The summed E-state index contributed by atoms with van der Waals surface area (Å²) in [5.41, 5.74) is 2.90. The zero-order chi connectivity index (χ0) is 18.1. The number of guanidine groups is 1. The van der Waals surface area contributed by atoms with Crippen LogP contribution in [0.4, 0.5) is 0 Å². The molecular formula is C20H32IN5. The Morgan fingerprint density at radius 3 is 2.46 bits per heavy atom. The van der Waals surface area contributed by atoms with Gasteiger partial charge in [0.1, 0.15) is 0 Å². The second-order valence-electron chi connectivity index (χ2n) is 7.18. The third-order valence-corrected chi connectivity index (χ3v) is 4.06. The lowest BCUT2D eigenvalue weighted by Gasteiger charge is -2.19. The van der Waals surface area contributed by atoms with Crippen LogP contribution in [-0.4, -0.2) is 35.1 Å². The van der Waals surface area contributed by atoms with E-state index in [9.17, 15) is 0 Å². The first-order chi connectivity index (χ1) is 12.0. The first-order valence-electron chi connectivity index (χ1n) is 9.06. The van der Waals surface area contributed by atoms with Crippen LogP contribution in [0.3, 0.4) is 0 Å². The van der Waals surface area contributed by atoms with Crippen molar-refractivity contribution in [3.05, 3.63) is 54.1 Å². The van der Waals surface area contributed by atoms with Gasteiger partial charge in [-0.15, -0.1) is 24.0 Å². The van der Waals surface area contributed by atoms with E-state index in [0.717, 1.165) is 38.6 Å². The third kappa shape index (κ3) is 7.76. The molecule has 6 heteroatoms. The second-order valence-corrected chi connectivity index (χ2v) is 7.18. The molecule has 1 aromatic carbocycles. The number of hydrogen-bond donors (Lipinski definition) is 2. The van der Waals surface area contributed by atoms with Crippen LogP contribution in [0.2, 0.25) is 0 Å². The Morgan fingerprint density at radius 2 is 1.88 bits per heavy atom. The van der Waals surface area contributed by atoms with Crippen LogP contribution in [0.25, 0.3) is 0 Å². The van der Waals surface area contributed by atoms with Gasteiger partial charge in [-0.3, -0.25) is 4.99 Å². The summed E-state index contributed by atoms with van der Waals surface area (Å²) in [7, 11) is 0. The molecule has 0 bridgehead atoms. The number of benzene rings is 1. The van der Waals surface area contributed by atoms with Crippen LogP contribution in [0.15, 0.2) is 48.0 Å². The van der Waals surface area contributed by atoms with Crippen LogP contribution in [-0.2, 0) is 18.4 Å². The molecule has 2 rings (SSSR count). The van der Waals surface area contributed by atoms with Gasteiger partial charge < -0.3 is 15.2 Å². The van der Waals surface area contributed by atoms with Gasteiger partial charge in [0.25, 0.3) is 0 Å². The minimum Gasteiger partial charge on any atom is -0.357 e. The molecule has 2 N–H and O–H groups in total. The lowest BCUT2D eigenvalue weighted by molar-refractivity contribution is 0.590. The van der Waals surface area contributed by atoms with Crippen molar-refractivity contribution < 1.29 is 0 Å².